The fourth-order valence-electron chi connectivity index (χ4n) is 1.67. The zero-order valence-electron chi connectivity index (χ0n) is 8.25. The van der Waals surface area contributed by atoms with Crippen LogP contribution in [0.25, 0.3) is 0 Å². The average molecular weight is 207 g/mol. The molecule has 1 N–H and O–H groups in total. The number of hydrogen-bond acceptors (Lipinski definition) is 3. The van der Waals surface area contributed by atoms with Crippen LogP contribution in [-0.4, -0.2) is 11.2 Å². The Morgan fingerprint density at radius 3 is 2.73 bits per heavy atom. The van der Waals surface area contributed by atoms with Crippen LogP contribution in [0.15, 0.2) is 17.1 Å². The van der Waals surface area contributed by atoms with Gasteiger partial charge in [0.1, 0.15) is 17.1 Å². The minimum absolute atomic E-state index is 0.0814. The maximum Gasteiger partial charge on any atom is 0.235 e. The van der Waals surface area contributed by atoms with Gasteiger partial charge in [-0.25, -0.2) is 9.18 Å². The van der Waals surface area contributed by atoms with Gasteiger partial charge in [0.2, 0.25) is 6.08 Å². The van der Waals surface area contributed by atoms with E-state index in [1.165, 1.54) is 6.08 Å². The predicted octanol–water partition coefficient (Wildman–Crippen LogP) is 2.16. The van der Waals surface area contributed by atoms with Crippen LogP contribution >= 0.6 is 0 Å². The number of hydrogen-bond donors (Lipinski definition) is 1. The van der Waals surface area contributed by atoms with E-state index in [0.717, 1.165) is 6.07 Å². The number of carbonyl (C=O) groups excluding carboxylic acids is 1. The third kappa shape index (κ3) is 1.53. The van der Waals surface area contributed by atoms with Crippen molar-refractivity contribution in [2.45, 2.75) is 25.3 Å². The number of nitrogens with zero attached hydrogens (tertiary/aromatic N) is 1. The summed E-state index contributed by atoms with van der Waals surface area (Å²) in [6.07, 6.45) is 2.79. The first kappa shape index (κ1) is 9.87. The number of halogens is 1. The number of phenolic OH excluding ortho intramolecular Hbond substituents is 1. The minimum atomic E-state index is -0.718. The monoisotopic (exact) mass is 207 g/mol. The Kier molecular flexibility index (Phi) is 2.09. The standard InChI is InChI=1S/C11H10FNO2/c1-7-4-8(9(12)5-10(7)15)11(2-3-11)13-6-14/h4-5,15H,2-3H2,1H3. The summed E-state index contributed by atoms with van der Waals surface area (Å²) in [4.78, 5) is 13.9. The highest BCUT2D eigenvalue weighted by Crippen LogP contribution is 2.50. The van der Waals surface area contributed by atoms with Crippen molar-refractivity contribution in [2.24, 2.45) is 4.99 Å². The summed E-state index contributed by atoms with van der Waals surface area (Å²) in [5.41, 5.74) is 0.240. The van der Waals surface area contributed by atoms with E-state index in [0.29, 0.717) is 24.0 Å². The van der Waals surface area contributed by atoms with E-state index in [4.69, 9.17) is 0 Å². The summed E-state index contributed by atoms with van der Waals surface area (Å²) in [5, 5.41) is 9.29. The van der Waals surface area contributed by atoms with Gasteiger partial charge < -0.3 is 5.11 Å². The molecule has 1 aromatic rings. The molecule has 0 aliphatic heterocycles. The van der Waals surface area contributed by atoms with Gasteiger partial charge in [-0.1, -0.05) is 0 Å². The summed E-state index contributed by atoms with van der Waals surface area (Å²) in [7, 11) is 0. The fraction of sp³-hybridized carbons (Fsp3) is 0.364. The van der Waals surface area contributed by atoms with Crippen molar-refractivity contribution in [1.29, 1.82) is 0 Å². The van der Waals surface area contributed by atoms with Crippen LogP contribution in [0.5, 0.6) is 5.75 Å². The molecule has 78 valence electrons. The lowest BCUT2D eigenvalue weighted by molar-refractivity contribution is 0.461. The van der Waals surface area contributed by atoms with Gasteiger partial charge >= 0.3 is 0 Å². The maximum absolute atomic E-state index is 13.5. The molecule has 0 amide bonds. The topological polar surface area (TPSA) is 49.7 Å². The van der Waals surface area contributed by atoms with Crippen molar-refractivity contribution in [1.82, 2.24) is 0 Å². The average Bonchev–Trinajstić information content (AvgIpc) is 2.93. The molecule has 3 nitrogen and oxygen atoms in total. The molecule has 1 aromatic carbocycles. The van der Waals surface area contributed by atoms with Crippen molar-refractivity contribution in [3.63, 3.8) is 0 Å². The summed E-state index contributed by atoms with van der Waals surface area (Å²) < 4.78 is 13.5. The molecule has 0 bridgehead atoms. The van der Waals surface area contributed by atoms with E-state index in [-0.39, 0.29) is 5.75 Å². The summed E-state index contributed by atoms with van der Waals surface area (Å²) >= 11 is 0. The van der Waals surface area contributed by atoms with Gasteiger partial charge in [0, 0.05) is 11.6 Å². The van der Waals surface area contributed by atoms with Gasteiger partial charge in [-0.05, 0) is 31.4 Å². The lowest BCUT2D eigenvalue weighted by Gasteiger charge is -2.11. The SMILES string of the molecule is Cc1cc(C2(N=C=O)CC2)c(F)cc1O. The molecular weight excluding hydrogens is 197 g/mol. The Labute approximate surface area is 86.3 Å². The van der Waals surface area contributed by atoms with Gasteiger partial charge in [-0.15, -0.1) is 0 Å². The molecule has 0 aromatic heterocycles. The van der Waals surface area contributed by atoms with Crippen LogP contribution in [0.3, 0.4) is 0 Å². The smallest absolute Gasteiger partial charge is 0.235 e. The van der Waals surface area contributed by atoms with Crippen LogP contribution in [0.4, 0.5) is 4.39 Å². The van der Waals surface area contributed by atoms with Gasteiger partial charge in [0.25, 0.3) is 0 Å². The number of isocyanates is 1. The lowest BCUT2D eigenvalue weighted by Crippen LogP contribution is -2.06. The molecule has 1 saturated carbocycles. The molecule has 0 atom stereocenters. The quantitative estimate of drug-likeness (QED) is 0.596. The van der Waals surface area contributed by atoms with Crippen molar-refractivity contribution >= 4 is 6.08 Å². The zero-order chi connectivity index (χ0) is 11.1. The molecule has 2 rings (SSSR count). The molecule has 1 fully saturated rings. The van der Waals surface area contributed by atoms with Crippen LogP contribution in [0, 0.1) is 12.7 Å². The Morgan fingerprint density at radius 2 is 2.20 bits per heavy atom. The Morgan fingerprint density at radius 1 is 1.53 bits per heavy atom. The second kappa shape index (κ2) is 3.17. The van der Waals surface area contributed by atoms with Crippen molar-refractivity contribution in [3.05, 3.63) is 29.1 Å². The van der Waals surface area contributed by atoms with E-state index in [2.05, 4.69) is 4.99 Å². The van der Waals surface area contributed by atoms with Crippen molar-refractivity contribution in [2.75, 3.05) is 0 Å². The third-order valence-electron chi connectivity index (χ3n) is 2.77. The van der Waals surface area contributed by atoms with E-state index in [1.807, 2.05) is 0 Å². The van der Waals surface area contributed by atoms with Crippen LogP contribution in [-0.2, 0) is 10.3 Å². The molecule has 0 heterocycles. The summed E-state index contributed by atoms with van der Waals surface area (Å²) in [6, 6.07) is 2.60. The Balaban J connectivity index is 2.54. The zero-order valence-corrected chi connectivity index (χ0v) is 8.25. The first-order valence-electron chi connectivity index (χ1n) is 4.68. The lowest BCUT2D eigenvalue weighted by atomic mass is 10.0. The largest absolute Gasteiger partial charge is 0.508 e. The van der Waals surface area contributed by atoms with E-state index in [9.17, 15) is 14.3 Å². The number of aliphatic imine (C=N–C) groups is 1. The highest BCUT2D eigenvalue weighted by atomic mass is 19.1. The van der Waals surface area contributed by atoms with Crippen molar-refractivity contribution < 1.29 is 14.3 Å². The molecule has 0 radical (unpaired) electrons. The number of phenols is 1. The van der Waals surface area contributed by atoms with Crippen LogP contribution in [0.1, 0.15) is 24.0 Å². The first-order valence-corrected chi connectivity index (χ1v) is 4.68. The maximum atomic E-state index is 13.5. The summed E-state index contributed by atoms with van der Waals surface area (Å²) in [6.45, 7) is 1.68. The Hall–Kier alpha value is -1.67. The molecule has 15 heavy (non-hydrogen) atoms. The summed E-state index contributed by atoms with van der Waals surface area (Å²) in [5.74, 6) is -0.600. The number of aromatic hydroxyl groups is 1. The molecule has 0 unspecified atom stereocenters. The van der Waals surface area contributed by atoms with E-state index in [1.54, 1.807) is 13.0 Å². The predicted molar refractivity (Wildman–Crippen MR) is 51.8 cm³/mol. The molecule has 1 aliphatic carbocycles. The molecule has 0 spiro atoms. The molecule has 0 saturated heterocycles. The minimum Gasteiger partial charge on any atom is -0.508 e. The number of rotatable bonds is 2. The van der Waals surface area contributed by atoms with Gasteiger partial charge in [-0.3, -0.25) is 0 Å². The van der Waals surface area contributed by atoms with E-state index >= 15 is 0 Å². The Bertz CT molecular complexity index is 460. The third-order valence-corrected chi connectivity index (χ3v) is 2.77. The number of aryl methyl sites for hydroxylation is 1. The molecule has 1 aliphatic rings. The van der Waals surface area contributed by atoms with Crippen LogP contribution < -0.4 is 0 Å². The van der Waals surface area contributed by atoms with Gasteiger partial charge in [0.15, 0.2) is 0 Å². The fourth-order valence-corrected chi connectivity index (χ4v) is 1.67. The van der Waals surface area contributed by atoms with Crippen molar-refractivity contribution in [3.8, 4) is 5.75 Å². The molecule has 4 heteroatoms. The highest BCUT2D eigenvalue weighted by Gasteiger charge is 2.46. The van der Waals surface area contributed by atoms with Crippen LogP contribution in [0.2, 0.25) is 0 Å². The highest BCUT2D eigenvalue weighted by molar-refractivity contribution is 5.45. The van der Waals surface area contributed by atoms with Gasteiger partial charge in [-0.2, -0.15) is 4.99 Å². The molecular formula is C11H10FNO2. The normalized spacial score (nSPS) is 16.9. The first-order chi connectivity index (χ1) is 7.09. The second-order valence-electron chi connectivity index (χ2n) is 3.85. The number of benzene rings is 1. The van der Waals surface area contributed by atoms with Gasteiger partial charge in [0.05, 0.1) is 0 Å². The second-order valence-corrected chi connectivity index (χ2v) is 3.85. The van der Waals surface area contributed by atoms with E-state index < -0.39 is 11.4 Å².